The summed E-state index contributed by atoms with van der Waals surface area (Å²) in [4.78, 5) is 5.22. The number of alkyl halides is 1. The molecule has 20 heavy (non-hydrogen) atoms. The summed E-state index contributed by atoms with van der Waals surface area (Å²) in [5.74, 6) is 0. The van der Waals surface area contributed by atoms with Gasteiger partial charge >= 0.3 is 0 Å². The number of benzene rings is 1. The van der Waals surface area contributed by atoms with Gasteiger partial charge in [0.2, 0.25) is 0 Å². The maximum absolute atomic E-state index is 5.67. The van der Waals surface area contributed by atoms with E-state index in [1.165, 1.54) is 18.2 Å². The summed E-state index contributed by atoms with van der Waals surface area (Å²) in [6.07, 6.45) is 6.23. The van der Waals surface area contributed by atoms with Gasteiger partial charge in [0.25, 0.3) is 0 Å². The van der Waals surface area contributed by atoms with Gasteiger partial charge in [-0.25, -0.2) is 0 Å². The van der Waals surface area contributed by atoms with Crippen LogP contribution in [0.2, 0.25) is 0 Å². The Balaban J connectivity index is 1.57. The van der Waals surface area contributed by atoms with E-state index in [0.29, 0.717) is 10.9 Å². The van der Waals surface area contributed by atoms with E-state index in [-0.39, 0.29) is 0 Å². The van der Waals surface area contributed by atoms with Crippen LogP contribution >= 0.6 is 15.9 Å². The van der Waals surface area contributed by atoms with E-state index in [4.69, 9.17) is 9.72 Å². The average Bonchev–Trinajstić information content (AvgIpc) is 2.98. The predicted octanol–water partition coefficient (Wildman–Crippen LogP) is 4.50. The first-order valence-corrected chi connectivity index (χ1v) is 8.33. The van der Waals surface area contributed by atoms with Crippen molar-refractivity contribution in [2.75, 3.05) is 6.61 Å². The Labute approximate surface area is 128 Å². The smallest absolute Gasteiger partial charge is 0.0705 e. The quantitative estimate of drug-likeness (QED) is 0.751. The van der Waals surface area contributed by atoms with Crippen LogP contribution in [0.15, 0.2) is 36.4 Å². The van der Waals surface area contributed by atoms with Crippen LogP contribution in [-0.2, 0) is 11.2 Å². The molecule has 0 spiro atoms. The summed E-state index contributed by atoms with van der Waals surface area (Å²) in [5, 5.41) is 1.21. The zero-order valence-electron chi connectivity index (χ0n) is 11.6. The number of nitrogens with zero attached hydrogens (tertiary/aromatic N) is 1. The van der Waals surface area contributed by atoms with Crippen molar-refractivity contribution in [1.29, 1.82) is 0 Å². The Kier molecular flexibility index (Phi) is 4.69. The Morgan fingerprint density at radius 2 is 2.15 bits per heavy atom. The minimum atomic E-state index is 0.486. The van der Waals surface area contributed by atoms with Crippen molar-refractivity contribution >= 4 is 26.8 Å². The molecule has 2 nitrogen and oxygen atoms in total. The first-order chi connectivity index (χ1) is 9.81. The Morgan fingerprint density at radius 1 is 1.25 bits per heavy atom. The molecule has 0 amide bonds. The minimum absolute atomic E-state index is 0.486. The average molecular weight is 334 g/mol. The molecule has 2 atom stereocenters. The first-order valence-electron chi connectivity index (χ1n) is 7.41. The van der Waals surface area contributed by atoms with E-state index in [1.54, 1.807) is 0 Å². The fourth-order valence-corrected chi connectivity index (χ4v) is 3.39. The maximum atomic E-state index is 5.67. The van der Waals surface area contributed by atoms with Gasteiger partial charge in [0, 0.05) is 28.9 Å². The van der Waals surface area contributed by atoms with E-state index in [9.17, 15) is 0 Å². The Hall–Kier alpha value is -0.930. The van der Waals surface area contributed by atoms with E-state index in [1.807, 2.05) is 6.07 Å². The molecule has 1 aromatic heterocycles. The molecule has 2 heterocycles. The summed E-state index contributed by atoms with van der Waals surface area (Å²) in [6.45, 7) is 0.948. The lowest BCUT2D eigenvalue weighted by Crippen LogP contribution is -2.11. The third kappa shape index (κ3) is 3.58. The van der Waals surface area contributed by atoms with Gasteiger partial charge in [-0.15, -0.1) is 0 Å². The molecular formula is C17H20BrNO. The molecule has 0 radical (unpaired) electrons. The fraction of sp³-hybridized carbons (Fsp3) is 0.471. The molecule has 1 aliphatic rings. The lowest BCUT2D eigenvalue weighted by molar-refractivity contribution is 0.102. The summed E-state index contributed by atoms with van der Waals surface area (Å²) in [5.41, 5.74) is 2.25. The molecule has 0 aliphatic carbocycles. The van der Waals surface area contributed by atoms with Crippen LogP contribution in [0, 0.1) is 0 Å². The molecule has 2 aromatic rings. The molecule has 0 saturated carbocycles. The highest BCUT2D eigenvalue weighted by molar-refractivity contribution is 9.09. The highest BCUT2D eigenvalue weighted by atomic mass is 79.9. The van der Waals surface area contributed by atoms with Crippen molar-refractivity contribution in [3.05, 3.63) is 42.1 Å². The largest absolute Gasteiger partial charge is 0.378 e. The van der Waals surface area contributed by atoms with Gasteiger partial charge in [0.1, 0.15) is 0 Å². The number of aromatic nitrogens is 1. The second kappa shape index (κ2) is 6.68. The zero-order chi connectivity index (χ0) is 13.8. The van der Waals surface area contributed by atoms with Crippen LogP contribution < -0.4 is 0 Å². The van der Waals surface area contributed by atoms with Gasteiger partial charge in [-0.1, -0.05) is 40.2 Å². The molecule has 1 aromatic carbocycles. The fourth-order valence-electron chi connectivity index (χ4n) is 2.79. The Bertz CT molecular complexity index is 566. The van der Waals surface area contributed by atoms with E-state index >= 15 is 0 Å². The number of para-hydroxylation sites is 1. The summed E-state index contributed by atoms with van der Waals surface area (Å²) < 4.78 is 5.67. The molecule has 0 N–H and O–H groups in total. The number of ether oxygens (including phenoxy) is 1. The van der Waals surface area contributed by atoms with Crippen LogP contribution in [0.5, 0.6) is 0 Å². The summed E-state index contributed by atoms with van der Waals surface area (Å²) >= 11 is 3.79. The minimum Gasteiger partial charge on any atom is -0.378 e. The first kappa shape index (κ1) is 14.0. The van der Waals surface area contributed by atoms with Gasteiger partial charge in [-0.05, 0) is 37.8 Å². The van der Waals surface area contributed by atoms with Crippen molar-refractivity contribution in [1.82, 2.24) is 4.98 Å². The number of fused-ring (bicyclic) bond motifs is 1. The molecule has 1 saturated heterocycles. The monoisotopic (exact) mass is 333 g/mol. The SMILES string of the molecule is BrC(CCC1CCCO1)Cc1ccc2ccccc2n1. The standard InChI is InChI=1S/C17H20BrNO/c18-14(8-10-16-5-3-11-20-16)12-15-9-7-13-4-1-2-6-17(13)19-15/h1-2,4,6-7,9,14,16H,3,5,8,10-12H2. The van der Waals surface area contributed by atoms with Gasteiger partial charge in [0.15, 0.2) is 0 Å². The van der Waals surface area contributed by atoms with Crippen LogP contribution in [0.1, 0.15) is 31.4 Å². The molecule has 1 aliphatic heterocycles. The molecule has 0 bridgehead atoms. The molecular weight excluding hydrogens is 314 g/mol. The third-order valence-corrected chi connectivity index (χ3v) is 4.69. The van der Waals surface area contributed by atoms with Gasteiger partial charge in [-0.3, -0.25) is 4.98 Å². The number of pyridine rings is 1. The van der Waals surface area contributed by atoms with Crippen LogP contribution in [0.25, 0.3) is 10.9 Å². The topological polar surface area (TPSA) is 22.1 Å². The van der Waals surface area contributed by atoms with Crippen LogP contribution in [0.3, 0.4) is 0 Å². The maximum Gasteiger partial charge on any atom is 0.0705 e. The number of rotatable bonds is 5. The molecule has 2 unspecified atom stereocenters. The number of hydrogen-bond acceptors (Lipinski definition) is 2. The lowest BCUT2D eigenvalue weighted by Gasteiger charge is -2.13. The van der Waals surface area contributed by atoms with Crippen LogP contribution in [-0.4, -0.2) is 22.5 Å². The highest BCUT2D eigenvalue weighted by Gasteiger charge is 2.17. The Morgan fingerprint density at radius 3 is 3.00 bits per heavy atom. The van der Waals surface area contributed by atoms with E-state index in [0.717, 1.165) is 37.1 Å². The number of halogens is 1. The van der Waals surface area contributed by atoms with Crippen molar-refractivity contribution < 1.29 is 4.74 Å². The van der Waals surface area contributed by atoms with Gasteiger partial charge in [0.05, 0.1) is 11.6 Å². The van der Waals surface area contributed by atoms with Crippen molar-refractivity contribution in [3.8, 4) is 0 Å². The molecule has 1 fully saturated rings. The lowest BCUT2D eigenvalue weighted by atomic mass is 10.1. The highest BCUT2D eigenvalue weighted by Crippen LogP contribution is 2.22. The second-order valence-electron chi connectivity index (χ2n) is 5.51. The van der Waals surface area contributed by atoms with Gasteiger partial charge < -0.3 is 4.74 Å². The van der Waals surface area contributed by atoms with Crippen molar-refractivity contribution in [3.63, 3.8) is 0 Å². The van der Waals surface area contributed by atoms with Crippen molar-refractivity contribution in [2.24, 2.45) is 0 Å². The second-order valence-corrected chi connectivity index (χ2v) is 6.80. The van der Waals surface area contributed by atoms with Gasteiger partial charge in [-0.2, -0.15) is 0 Å². The van der Waals surface area contributed by atoms with E-state index in [2.05, 4.69) is 46.3 Å². The number of hydrogen-bond donors (Lipinski definition) is 0. The molecule has 3 heteroatoms. The van der Waals surface area contributed by atoms with E-state index < -0.39 is 0 Å². The zero-order valence-corrected chi connectivity index (χ0v) is 13.2. The normalized spacial score (nSPS) is 20.4. The third-order valence-electron chi connectivity index (χ3n) is 3.91. The summed E-state index contributed by atoms with van der Waals surface area (Å²) in [6, 6.07) is 12.6. The molecule has 3 rings (SSSR count). The molecule has 106 valence electrons. The van der Waals surface area contributed by atoms with Crippen LogP contribution in [0.4, 0.5) is 0 Å². The van der Waals surface area contributed by atoms with Crippen molar-refractivity contribution in [2.45, 2.75) is 43.0 Å². The summed E-state index contributed by atoms with van der Waals surface area (Å²) in [7, 11) is 0. The predicted molar refractivity (Wildman–Crippen MR) is 86.4 cm³/mol.